The molecule has 0 spiro atoms. The Morgan fingerprint density at radius 3 is 2.57 bits per heavy atom. The predicted octanol–water partition coefficient (Wildman–Crippen LogP) is 2.56. The van der Waals surface area contributed by atoms with Crippen LogP contribution in [0, 0.1) is 18.3 Å². The molecule has 0 saturated carbocycles. The van der Waals surface area contributed by atoms with Crippen LogP contribution in [0.1, 0.15) is 45.0 Å². The average Bonchev–Trinajstić information content (AvgIpc) is 2.66. The molecule has 1 aromatic carbocycles. The third kappa shape index (κ3) is 4.24. The van der Waals surface area contributed by atoms with Crippen molar-refractivity contribution < 1.29 is 14.3 Å². The molecule has 1 amide bonds. The number of fused-ring (bicyclic) bond motifs is 1. The molecule has 2 aromatic rings. The van der Waals surface area contributed by atoms with Crippen LogP contribution in [0.25, 0.3) is 10.9 Å². The number of amides is 1. The second kappa shape index (κ2) is 7.73. The van der Waals surface area contributed by atoms with Crippen LogP contribution >= 0.6 is 0 Å². The lowest BCUT2D eigenvalue weighted by Crippen LogP contribution is -2.45. The van der Waals surface area contributed by atoms with Crippen molar-refractivity contribution >= 4 is 22.8 Å². The van der Waals surface area contributed by atoms with Crippen molar-refractivity contribution in [2.45, 2.75) is 47.1 Å². The summed E-state index contributed by atoms with van der Waals surface area (Å²) < 4.78 is 5.40. The van der Waals surface area contributed by atoms with E-state index in [1.54, 1.807) is 6.07 Å². The van der Waals surface area contributed by atoms with Crippen LogP contribution in [0.4, 0.5) is 0 Å². The number of esters is 1. The minimum atomic E-state index is -0.418. The Morgan fingerprint density at radius 2 is 1.93 bits per heavy atom. The van der Waals surface area contributed by atoms with Crippen LogP contribution in [-0.2, 0) is 20.9 Å². The topological polar surface area (TPSA) is 92.4 Å². The van der Waals surface area contributed by atoms with Gasteiger partial charge in [-0.05, 0) is 31.4 Å². The van der Waals surface area contributed by atoms with E-state index in [4.69, 9.17) is 4.74 Å². The van der Waals surface area contributed by atoms with Crippen molar-refractivity contribution in [2.75, 3.05) is 13.1 Å². The van der Waals surface area contributed by atoms with Gasteiger partial charge in [0.25, 0.3) is 5.56 Å². The van der Waals surface area contributed by atoms with Crippen molar-refractivity contribution in [1.82, 2.24) is 14.9 Å². The van der Waals surface area contributed by atoms with E-state index in [-0.39, 0.29) is 30.0 Å². The van der Waals surface area contributed by atoms with Gasteiger partial charge in [0, 0.05) is 18.5 Å². The molecule has 2 heterocycles. The molecule has 0 bridgehead atoms. The summed E-state index contributed by atoms with van der Waals surface area (Å²) in [4.78, 5) is 45.9. The van der Waals surface area contributed by atoms with Gasteiger partial charge in [-0.15, -0.1) is 0 Å². The normalized spacial score (nSPS) is 15.6. The van der Waals surface area contributed by atoms with Gasteiger partial charge in [-0.25, -0.2) is 4.98 Å². The Hall–Kier alpha value is -2.70. The highest BCUT2D eigenvalue weighted by molar-refractivity contribution is 5.82. The van der Waals surface area contributed by atoms with Gasteiger partial charge in [0.15, 0.2) is 0 Å². The number of benzene rings is 1. The maximum atomic E-state index is 12.4. The van der Waals surface area contributed by atoms with Crippen LogP contribution in [0.5, 0.6) is 0 Å². The fourth-order valence-corrected chi connectivity index (χ4v) is 3.47. The second-order valence-corrected chi connectivity index (χ2v) is 8.41. The van der Waals surface area contributed by atoms with Gasteiger partial charge in [-0.3, -0.25) is 14.4 Å². The predicted molar refractivity (Wildman–Crippen MR) is 106 cm³/mol. The maximum Gasteiger partial charge on any atom is 0.309 e. The van der Waals surface area contributed by atoms with E-state index in [0.29, 0.717) is 42.7 Å². The molecule has 1 aromatic heterocycles. The van der Waals surface area contributed by atoms with Crippen LogP contribution in [0.15, 0.2) is 23.0 Å². The molecular weight excluding hydrogens is 358 g/mol. The monoisotopic (exact) mass is 385 g/mol. The van der Waals surface area contributed by atoms with Crippen LogP contribution in [-0.4, -0.2) is 39.8 Å². The van der Waals surface area contributed by atoms with Crippen LogP contribution < -0.4 is 5.56 Å². The van der Waals surface area contributed by atoms with Gasteiger partial charge >= 0.3 is 5.97 Å². The van der Waals surface area contributed by atoms with Gasteiger partial charge in [0.1, 0.15) is 12.4 Å². The van der Waals surface area contributed by atoms with Gasteiger partial charge in [0.2, 0.25) is 5.91 Å². The van der Waals surface area contributed by atoms with E-state index < -0.39 is 5.41 Å². The number of hydrogen-bond acceptors (Lipinski definition) is 5. The summed E-state index contributed by atoms with van der Waals surface area (Å²) in [5.74, 6) is -0.110. The molecule has 1 fully saturated rings. The smallest absolute Gasteiger partial charge is 0.309 e. The van der Waals surface area contributed by atoms with E-state index in [1.165, 1.54) is 0 Å². The number of hydrogen-bond donors (Lipinski definition) is 1. The molecule has 7 nitrogen and oxygen atoms in total. The summed E-state index contributed by atoms with van der Waals surface area (Å²) >= 11 is 0. The number of nitrogens with zero attached hydrogens (tertiary/aromatic N) is 2. The number of aromatic nitrogens is 2. The molecule has 150 valence electrons. The zero-order chi connectivity index (χ0) is 20.5. The van der Waals surface area contributed by atoms with Crippen LogP contribution in [0.2, 0.25) is 0 Å². The van der Waals surface area contributed by atoms with Crippen molar-refractivity contribution in [1.29, 1.82) is 0 Å². The van der Waals surface area contributed by atoms with E-state index in [9.17, 15) is 14.4 Å². The molecular formula is C21H27N3O4. The van der Waals surface area contributed by atoms with E-state index in [2.05, 4.69) is 9.97 Å². The molecule has 1 N–H and O–H groups in total. The molecule has 7 heteroatoms. The average molecular weight is 385 g/mol. The maximum absolute atomic E-state index is 12.4. The lowest BCUT2D eigenvalue weighted by atomic mass is 9.91. The summed E-state index contributed by atoms with van der Waals surface area (Å²) in [6.07, 6.45) is 1.17. The summed E-state index contributed by atoms with van der Waals surface area (Å²) in [5.41, 5.74) is 0.853. The summed E-state index contributed by atoms with van der Waals surface area (Å²) in [6, 6.07) is 5.42. The molecule has 0 aliphatic carbocycles. The first-order chi connectivity index (χ1) is 13.2. The SMILES string of the molecule is Cc1cccc2c(=O)[nH]c(COC(=O)C3CCN(C(=O)C(C)(C)C)CC3)nc12. The molecule has 0 radical (unpaired) electrons. The molecule has 0 atom stereocenters. The number of carbonyl (C=O) groups is 2. The third-order valence-corrected chi connectivity index (χ3v) is 5.10. The zero-order valence-corrected chi connectivity index (χ0v) is 16.9. The van der Waals surface area contributed by atoms with E-state index in [0.717, 1.165) is 5.56 Å². The first-order valence-electron chi connectivity index (χ1n) is 9.61. The Morgan fingerprint density at radius 1 is 1.25 bits per heavy atom. The standard InChI is InChI=1S/C21H27N3O4/c1-13-6-5-7-15-17(13)22-16(23-18(15)25)12-28-19(26)14-8-10-24(11-9-14)20(27)21(2,3)4/h5-7,14H,8-12H2,1-4H3,(H,22,23,25). The highest BCUT2D eigenvalue weighted by Crippen LogP contribution is 2.24. The Balaban J connectivity index is 1.60. The lowest BCUT2D eigenvalue weighted by molar-refractivity contribution is -0.154. The molecule has 1 aliphatic heterocycles. The highest BCUT2D eigenvalue weighted by atomic mass is 16.5. The quantitative estimate of drug-likeness (QED) is 0.820. The van der Waals surface area contributed by atoms with Gasteiger partial charge in [-0.2, -0.15) is 0 Å². The number of para-hydroxylation sites is 1. The molecule has 28 heavy (non-hydrogen) atoms. The number of nitrogens with one attached hydrogen (secondary N) is 1. The minimum absolute atomic E-state index is 0.0700. The first-order valence-corrected chi connectivity index (χ1v) is 9.61. The first kappa shape index (κ1) is 20.0. The van der Waals surface area contributed by atoms with Crippen molar-refractivity contribution in [3.63, 3.8) is 0 Å². The number of aryl methyl sites for hydroxylation is 1. The Labute approximate surface area is 164 Å². The Kier molecular flexibility index (Phi) is 5.54. The van der Waals surface area contributed by atoms with Gasteiger partial charge in [-0.1, -0.05) is 32.9 Å². The summed E-state index contributed by atoms with van der Waals surface area (Å²) in [7, 11) is 0. The van der Waals surface area contributed by atoms with Crippen LogP contribution in [0.3, 0.4) is 0 Å². The van der Waals surface area contributed by atoms with E-state index in [1.807, 2.05) is 44.7 Å². The number of piperidine rings is 1. The minimum Gasteiger partial charge on any atom is -0.457 e. The largest absolute Gasteiger partial charge is 0.457 e. The fourth-order valence-electron chi connectivity index (χ4n) is 3.47. The second-order valence-electron chi connectivity index (χ2n) is 8.41. The Bertz CT molecular complexity index is 950. The summed E-state index contributed by atoms with van der Waals surface area (Å²) in [6.45, 7) is 8.62. The highest BCUT2D eigenvalue weighted by Gasteiger charge is 2.33. The molecule has 3 rings (SSSR count). The number of rotatable bonds is 3. The van der Waals surface area contributed by atoms with Gasteiger partial charge < -0.3 is 14.6 Å². The fraction of sp³-hybridized carbons (Fsp3) is 0.524. The number of ether oxygens (including phenoxy) is 1. The molecule has 1 saturated heterocycles. The number of likely N-dealkylation sites (tertiary alicyclic amines) is 1. The van der Waals surface area contributed by atoms with Crippen molar-refractivity contribution in [2.24, 2.45) is 11.3 Å². The zero-order valence-electron chi connectivity index (χ0n) is 16.9. The number of H-pyrrole nitrogens is 1. The third-order valence-electron chi connectivity index (χ3n) is 5.10. The number of aromatic amines is 1. The van der Waals surface area contributed by atoms with Crippen molar-refractivity contribution in [3.8, 4) is 0 Å². The van der Waals surface area contributed by atoms with Crippen molar-refractivity contribution in [3.05, 3.63) is 39.9 Å². The summed E-state index contributed by atoms with van der Waals surface area (Å²) in [5, 5.41) is 0.519. The van der Waals surface area contributed by atoms with Gasteiger partial charge in [0.05, 0.1) is 16.8 Å². The number of carbonyl (C=O) groups excluding carboxylic acids is 2. The molecule has 0 unspecified atom stereocenters. The van der Waals surface area contributed by atoms with E-state index >= 15 is 0 Å². The molecule has 1 aliphatic rings. The lowest BCUT2D eigenvalue weighted by Gasteiger charge is -2.34.